The van der Waals surface area contributed by atoms with Gasteiger partial charge in [0, 0.05) is 0 Å². The number of rotatable bonds is 7. The second-order valence-corrected chi connectivity index (χ2v) is 13.0. The van der Waals surface area contributed by atoms with E-state index in [1.54, 1.807) is 0 Å². The van der Waals surface area contributed by atoms with Gasteiger partial charge in [-0.1, -0.05) is 0 Å². The minimum atomic E-state index is -1.91. The van der Waals surface area contributed by atoms with Crippen molar-refractivity contribution in [2.45, 2.75) is 21.0 Å². The Morgan fingerprint density at radius 1 is 1.00 bits per heavy atom. The van der Waals surface area contributed by atoms with Crippen molar-refractivity contribution in [1.82, 2.24) is 0 Å². The first-order valence-corrected chi connectivity index (χ1v) is 10.4. The molecule has 0 aliphatic heterocycles. The first-order chi connectivity index (χ1) is 6.24. The summed E-state index contributed by atoms with van der Waals surface area (Å²) >= 11 is -1.91. The zero-order valence-electron chi connectivity index (χ0n) is 8.26. The van der Waals surface area contributed by atoms with Crippen LogP contribution < -0.4 is 0 Å². The molecule has 0 spiro atoms. The van der Waals surface area contributed by atoms with Gasteiger partial charge in [0.15, 0.2) is 0 Å². The third kappa shape index (κ3) is 4.19. The Bertz CT molecular complexity index is 193. The van der Waals surface area contributed by atoms with Crippen molar-refractivity contribution in [1.29, 1.82) is 0 Å². The Labute approximate surface area is 84.8 Å². The van der Waals surface area contributed by atoms with Gasteiger partial charge in [-0.05, 0) is 0 Å². The van der Waals surface area contributed by atoms with Crippen LogP contribution in [0.1, 0.15) is 0 Å². The molecule has 0 aliphatic rings. The van der Waals surface area contributed by atoms with Crippen LogP contribution in [-0.2, 0) is 0 Å². The van der Waals surface area contributed by atoms with Crippen LogP contribution in [0.2, 0.25) is 21.0 Å². The standard InChI is InChI=1S/C12H18Ge/c1-5-9-13(10-6-2,11-7-3)12-8-4/h1,6-8H,2-4,9-12H2. The molecule has 0 heterocycles. The summed E-state index contributed by atoms with van der Waals surface area (Å²) in [7, 11) is 0. The molecule has 0 bridgehead atoms. The van der Waals surface area contributed by atoms with Crippen molar-refractivity contribution >= 4 is 13.3 Å². The Hall–Kier alpha value is -0.677. The molecule has 0 aromatic heterocycles. The molecule has 0 N–H and O–H groups in total. The first kappa shape index (κ1) is 12.3. The molecule has 0 unspecified atom stereocenters. The van der Waals surface area contributed by atoms with Gasteiger partial charge in [-0.15, -0.1) is 0 Å². The molecular weight excluding hydrogens is 217 g/mol. The Morgan fingerprint density at radius 2 is 1.38 bits per heavy atom. The molecule has 0 radical (unpaired) electrons. The van der Waals surface area contributed by atoms with Gasteiger partial charge in [-0.2, -0.15) is 0 Å². The summed E-state index contributed by atoms with van der Waals surface area (Å²) in [6.45, 7) is 11.4. The van der Waals surface area contributed by atoms with Gasteiger partial charge in [0.2, 0.25) is 0 Å². The van der Waals surface area contributed by atoms with Crippen LogP contribution in [0.4, 0.5) is 0 Å². The van der Waals surface area contributed by atoms with Crippen molar-refractivity contribution in [3.8, 4) is 12.3 Å². The van der Waals surface area contributed by atoms with E-state index in [1.165, 1.54) is 0 Å². The molecule has 0 fully saturated rings. The van der Waals surface area contributed by atoms with Gasteiger partial charge in [-0.3, -0.25) is 0 Å². The summed E-state index contributed by atoms with van der Waals surface area (Å²) in [5.74, 6) is 2.80. The van der Waals surface area contributed by atoms with Crippen LogP contribution in [0.5, 0.6) is 0 Å². The van der Waals surface area contributed by atoms with Gasteiger partial charge in [0.1, 0.15) is 0 Å². The topological polar surface area (TPSA) is 0 Å². The van der Waals surface area contributed by atoms with Crippen molar-refractivity contribution in [3.05, 3.63) is 38.0 Å². The Morgan fingerprint density at radius 3 is 1.62 bits per heavy atom. The van der Waals surface area contributed by atoms with E-state index in [1.807, 2.05) is 18.2 Å². The maximum atomic E-state index is 5.40. The summed E-state index contributed by atoms with van der Waals surface area (Å²) in [4.78, 5) is 0. The Kier molecular flexibility index (Phi) is 6.44. The zero-order chi connectivity index (χ0) is 10.2. The summed E-state index contributed by atoms with van der Waals surface area (Å²) in [5.41, 5.74) is 0. The van der Waals surface area contributed by atoms with Crippen LogP contribution in [0.15, 0.2) is 38.0 Å². The molecule has 0 amide bonds. The normalized spacial score (nSPS) is 10.1. The van der Waals surface area contributed by atoms with Gasteiger partial charge in [-0.25, -0.2) is 0 Å². The van der Waals surface area contributed by atoms with Crippen molar-refractivity contribution in [2.24, 2.45) is 0 Å². The molecule has 0 aromatic carbocycles. The molecule has 0 nitrogen and oxygen atoms in total. The molecule has 70 valence electrons. The van der Waals surface area contributed by atoms with Crippen LogP contribution >= 0.6 is 0 Å². The van der Waals surface area contributed by atoms with E-state index in [-0.39, 0.29) is 0 Å². The second kappa shape index (κ2) is 6.80. The predicted molar refractivity (Wildman–Crippen MR) is 64.4 cm³/mol. The van der Waals surface area contributed by atoms with E-state index in [2.05, 4.69) is 25.7 Å². The summed E-state index contributed by atoms with van der Waals surface area (Å²) in [6, 6.07) is 0. The van der Waals surface area contributed by atoms with Crippen LogP contribution in [-0.4, -0.2) is 13.3 Å². The number of allylic oxidation sites excluding steroid dienone is 3. The van der Waals surface area contributed by atoms with E-state index in [9.17, 15) is 0 Å². The molecule has 13 heavy (non-hydrogen) atoms. The predicted octanol–water partition coefficient (Wildman–Crippen LogP) is 3.63. The fourth-order valence-electron chi connectivity index (χ4n) is 1.60. The fourth-order valence-corrected chi connectivity index (χ4v) is 8.32. The average Bonchev–Trinajstić information content (AvgIpc) is 2.06. The zero-order valence-corrected chi connectivity index (χ0v) is 10.4. The van der Waals surface area contributed by atoms with Crippen molar-refractivity contribution in [3.63, 3.8) is 0 Å². The Balaban J connectivity index is 4.56. The van der Waals surface area contributed by atoms with Gasteiger partial charge in [0.05, 0.1) is 0 Å². The molecule has 0 saturated heterocycles. The fraction of sp³-hybridized carbons (Fsp3) is 0.333. The maximum absolute atomic E-state index is 5.40. The number of terminal acetylenes is 1. The molecule has 0 saturated carbocycles. The SMILES string of the molecule is C#C[CH2][Ge]([CH2]C=C)([CH2]C=C)[CH2]C=C. The summed E-state index contributed by atoms with van der Waals surface area (Å²) in [6.07, 6.45) is 11.4. The molecular formula is C12H18Ge. The summed E-state index contributed by atoms with van der Waals surface area (Å²) < 4.78 is 0. The quantitative estimate of drug-likeness (QED) is 0.359. The third-order valence-corrected chi connectivity index (χ3v) is 11.5. The van der Waals surface area contributed by atoms with E-state index in [4.69, 9.17) is 6.42 Å². The van der Waals surface area contributed by atoms with Gasteiger partial charge < -0.3 is 0 Å². The number of hydrogen-bond donors (Lipinski definition) is 0. The van der Waals surface area contributed by atoms with E-state index >= 15 is 0 Å². The molecule has 0 aromatic rings. The monoisotopic (exact) mass is 236 g/mol. The molecule has 0 aliphatic carbocycles. The van der Waals surface area contributed by atoms with E-state index in [0.29, 0.717) is 0 Å². The second-order valence-electron chi connectivity index (χ2n) is 3.36. The first-order valence-electron chi connectivity index (χ1n) is 4.51. The van der Waals surface area contributed by atoms with Crippen LogP contribution in [0.25, 0.3) is 0 Å². The van der Waals surface area contributed by atoms with Crippen molar-refractivity contribution < 1.29 is 0 Å². The van der Waals surface area contributed by atoms with Crippen LogP contribution in [0, 0.1) is 12.3 Å². The van der Waals surface area contributed by atoms with Gasteiger partial charge in [0.25, 0.3) is 0 Å². The number of hydrogen-bond acceptors (Lipinski definition) is 0. The summed E-state index contributed by atoms with van der Waals surface area (Å²) in [5, 5.41) is 4.29. The third-order valence-electron chi connectivity index (χ3n) is 2.21. The molecule has 1 heteroatoms. The van der Waals surface area contributed by atoms with Crippen LogP contribution in [0.3, 0.4) is 0 Å². The van der Waals surface area contributed by atoms with E-state index < -0.39 is 13.3 Å². The van der Waals surface area contributed by atoms with Crippen molar-refractivity contribution in [2.75, 3.05) is 0 Å². The van der Waals surface area contributed by atoms with E-state index in [0.717, 1.165) is 21.0 Å². The molecule has 0 rings (SSSR count). The average molecular weight is 235 g/mol. The molecule has 0 atom stereocenters. The van der Waals surface area contributed by atoms with Gasteiger partial charge >= 0.3 is 84.6 Å². The minimum absolute atomic E-state index is 0.948.